The molecule has 0 aliphatic carbocycles. The van der Waals surface area contributed by atoms with Gasteiger partial charge in [-0.2, -0.15) is 0 Å². The van der Waals surface area contributed by atoms with Crippen LogP contribution in [0, 0.1) is 13.8 Å². The van der Waals surface area contributed by atoms with E-state index in [1.165, 1.54) is 12.0 Å². The van der Waals surface area contributed by atoms with Gasteiger partial charge in [-0.25, -0.2) is 4.79 Å². The maximum absolute atomic E-state index is 12.3. The normalized spacial score (nSPS) is 21.2. The van der Waals surface area contributed by atoms with Crippen LogP contribution >= 0.6 is 0 Å². The highest BCUT2D eigenvalue weighted by atomic mass is 16.5. The number of nitrogens with zero attached hydrogens (tertiary/aromatic N) is 1. The Morgan fingerprint density at radius 2 is 2.00 bits per heavy atom. The number of carbonyl (C=O) groups excluding carboxylic acids is 2. The number of amides is 3. The van der Waals surface area contributed by atoms with Crippen LogP contribution < -0.4 is 10.1 Å². The summed E-state index contributed by atoms with van der Waals surface area (Å²) in [6.07, 6.45) is 0. The third kappa shape index (κ3) is 3.22. The maximum atomic E-state index is 12.3. The van der Waals surface area contributed by atoms with Gasteiger partial charge < -0.3 is 14.8 Å². The minimum Gasteiger partial charge on any atom is -0.491 e. The highest BCUT2D eigenvalue weighted by Gasteiger charge is 2.47. The second-order valence-electron chi connectivity index (χ2n) is 5.77. The maximum Gasteiger partial charge on any atom is 0.325 e. The molecule has 1 unspecified atom stereocenters. The number of nitrogens with one attached hydrogen (secondary N) is 1. The summed E-state index contributed by atoms with van der Waals surface area (Å²) in [5.41, 5.74) is 1.13. The predicted molar refractivity (Wildman–Crippen MR) is 81.9 cm³/mol. The van der Waals surface area contributed by atoms with Gasteiger partial charge in [0.1, 0.15) is 17.9 Å². The first-order valence-electron chi connectivity index (χ1n) is 7.20. The zero-order valence-corrected chi connectivity index (χ0v) is 13.4. The average Bonchev–Trinajstić information content (AvgIpc) is 2.66. The topological polar surface area (TPSA) is 67.9 Å². The van der Waals surface area contributed by atoms with E-state index in [-0.39, 0.29) is 25.7 Å². The molecule has 1 atom stereocenters. The minimum absolute atomic E-state index is 0.145. The molecule has 0 spiro atoms. The fraction of sp³-hybridized carbons (Fsp3) is 0.500. The Morgan fingerprint density at radius 1 is 1.27 bits per heavy atom. The van der Waals surface area contributed by atoms with Crippen molar-refractivity contribution >= 4 is 11.9 Å². The standard InChI is InChI=1S/C16H22N2O4/c1-11-5-6-12(2)13(9-11)22-8-7-18-14(19)16(3,10-21-4)17-15(18)20/h5-6,9H,7-8,10H2,1-4H3,(H,17,20). The first-order valence-corrected chi connectivity index (χ1v) is 7.20. The fourth-order valence-corrected chi connectivity index (χ4v) is 2.45. The highest BCUT2D eigenvalue weighted by molar-refractivity contribution is 6.06. The van der Waals surface area contributed by atoms with Crippen LogP contribution in [0.25, 0.3) is 0 Å². The molecule has 1 aromatic carbocycles. The molecule has 0 radical (unpaired) electrons. The van der Waals surface area contributed by atoms with Crippen molar-refractivity contribution in [3.05, 3.63) is 29.3 Å². The molecule has 1 aliphatic heterocycles. The van der Waals surface area contributed by atoms with Gasteiger partial charge in [0.2, 0.25) is 0 Å². The van der Waals surface area contributed by atoms with Crippen LogP contribution in [-0.4, -0.2) is 49.2 Å². The lowest BCUT2D eigenvalue weighted by molar-refractivity contribution is -0.132. The monoisotopic (exact) mass is 306 g/mol. The SMILES string of the molecule is COCC1(C)NC(=O)N(CCOc2cc(C)ccc2C)C1=O. The Balaban J connectivity index is 1.96. The zero-order valence-electron chi connectivity index (χ0n) is 13.4. The molecule has 0 bridgehead atoms. The molecule has 0 saturated carbocycles. The third-order valence-electron chi connectivity index (χ3n) is 3.69. The summed E-state index contributed by atoms with van der Waals surface area (Å²) >= 11 is 0. The lowest BCUT2D eigenvalue weighted by atomic mass is 10.0. The van der Waals surface area contributed by atoms with Gasteiger partial charge in [0.05, 0.1) is 13.2 Å². The summed E-state index contributed by atoms with van der Waals surface area (Å²) < 4.78 is 10.7. The summed E-state index contributed by atoms with van der Waals surface area (Å²) in [7, 11) is 1.50. The second kappa shape index (κ2) is 6.36. The van der Waals surface area contributed by atoms with E-state index in [1.807, 2.05) is 32.0 Å². The molecule has 2 rings (SSSR count). The lowest BCUT2D eigenvalue weighted by Crippen LogP contribution is -2.48. The van der Waals surface area contributed by atoms with E-state index in [2.05, 4.69) is 5.32 Å². The molecular weight excluding hydrogens is 284 g/mol. The van der Waals surface area contributed by atoms with E-state index in [4.69, 9.17) is 9.47 Å². The Kier molecular flexibility index (Phi) is 4.71. The molecule has 1 heterocycles. The Bertz CT molecular complexity index is 588. The minimum atomic E-state index is -0.995. The molecule has 3 amide bonds. The van der Waals surface area contributed by atoms with E-state index in [1.54, 1.807) is 6.92 Å². The summed E-state index contributed by atoms with van der Waals surface area (Å²) in [4.78, 5) is 25.4. The predicted octanol–water partition coefficient (Wildman–Crippen LogP) is 1.64. The van der Waals surface area contributed by atoms with Gasteiger partial charge in [-0.1, -0.05) is 12.1 Å². The zero-order chi connectivity index (χ0) is 16.3. The second-order valence-corrected chi connectivity index (χ2v) is 5.77. The number of urea groups is 1. The van der Waals surface area contributed by atoms with Crippen LogP contribution in [-0.2, 0) is 9.53 Å². The van der Waals surface area contributed by atoms with Crippen molar-refractivity contribution in [2.24, 2.45) is 0 Å². The largest absolute Gasteiger partial charge is 0.491 e. The molecular formula is C16H22N2O4. The first-order chi connectivity index (χ1) is 10.4. The van der Waals surface area contributed by atoms with E-state index in [0.29, 0.717) is 0 Å². The van der Waals surface area contributed by atoms with Gasteiger partial charge in [-0.05, 0) is 38.0 Å². The molecule has 6 nitrogen and oxygen atoms in total. The van der Waals surface area contributed by atoms with Crippen LogP contribution in [0.3, 0.4) is 0 Å². The number of ether oxygens (including phenoxy) is 2. The van der Waals surface area contributed by atoms with Crippen LogP contribution in [0.15, 0.2) is 18.2 Å². The van der Waals surface area contributed by atoms with Crippen molar-refractivity contribution in [1.29, 1.82) is 0 Å². The van der Waals surface area contributed by atoms with Crippen molar-refractivity contribution in [2.45, 2.75) is 26.3 Å². The van der Waals surface area contributed by atoms with Crippen molar-refractivity contribution in [2.75, 3.05) is 26.9 Å². The summed E-state index contributed by atoms with van der Waals surface area (Å²) in [5.74, 6) is 0.482. The number of hydrogen-bond acceptors (Lipinski definition) is 4. The molecule has 6 heteroatoms. The number of rotatable bonds is 6. The van der Waals surface area contributed by atoms with Crippen LogP contribution in [0.2, 0.25) is 0 Å². The van der Waals surface area contributed by atoms with Crippen LogP contribution in [0.1, 0.15) is 18.1 Å². The molecule has 1 saturated heterocycles. The van der Waals surface area contributed by atoms with E-state index >= 15 is 0 Å². The Labute approximate surface area is 130 Å². The summed E-state index contributed by atoms with van der Waals surface area (Å²) in [5, 5.41) is 2.66. The van der Waals surface area contributed by atoms with E-state index in [9.17, 15) is 9.59 Å². The van der Waals surface area contributed by atoms with Crippen molar-refractivity contribution in [3.63, 3.8) is 0 Å². The van der Waals surface area contributed by atoms with Gasteiger partial charge in [0.25, 0.3) is 5.91 Å². The smallest absolute Gasteiger partial charge is 0.325 e. The number of imide groups is 1. The molecule has 1 fully saturated rings. The average molecular weight is 306 g/mol. The van der Waals surface area contributed by atoms with Gasteiger partial charge in [-0.3, -0.25) is 9.69 Å². The highest BCUT2D eigenvalue weighted by Crippen LogP contribution is 2.20. The quantitative estimate of drug-likeness (QED) is 0.811. The molecule has 22 heavy (non-hydrogen) atoms. The molecule has 0 aromatic heterocycles. The van der Waals surface area contributed by atoms with Gasteiger partial charge in [-0.15, -0.1) is 0 Å². The van der Waals surface area contributed by atoms with Crippen LogP contribution in [0.4, 0.5) is 4.79 Å². The molecule has 1 aliphatic rings. The Morgan fingerprint density at radius 3 is 2.68 bits per heavy atom. The molecule has 120 valence electrons. The van der Waals surface area contributed by atoms with Crippen molar-refractivity contribution in [1.82, 2.24) is 10.2 Å². The van der Waals surface area contributed by atoms with Gasteiger partial charge >= 0.3 is 6.03 Å². The van der Waals surface area contributed by atoms with Crippen molar-refractivity contribution in [3.8, 4) is 5.75 Å². The Hall–Kier alpha value is -2.08. The third-order valence-corrected chi connectivity index (χ3v) is 3.69. The number of carbonyl (C=O) groups is 2. The van der Waals surface area contributed by atoms with Crippen molar-refractivity contribution < 1.29 is 19.1 Å². The molecule has 1 N–H and O–H groups in total. The molecule has 1 aromatic rings. The van der Waals surface area contributed by atoms with E-state index < -0.39 is 11.6 Å². The van der Waals surface area contributed by atoms with Gasteiger partial charge in [0, 0.05) is 7.11 Å². The fourth-order valence-electron chi connectivity index (χ4n) is 2.45. The number of methoxy groups -OCH3 is 1. The van der Waals surface area contributed by atoms with Gasteiger partial charge in [0.15, 0.2) is 0 Å². The van der Waals surface area contributed by atoms with E-state index in [0.717, 1.165) is 16.9 Å². The first kappa shape index (κ1) is 16.3. The van der Waals surface area contributed by atoms with Crippen LogP contribution in [0.5, 0.6) is 5.75 Å². The summed E-state index contributed by atoms with van der Waals surface area (Å²) in [6, 6.07) is 5.52. The number of aryl methyl sites for hydroxylation is 2. The number of benzene rings is 1. The lowest BCUT2D eigenvalue weighted by Gasteiger charge is -2.20. The summed E-state index contributed by atoms with van der Waals surface area (Å²) in [6.45, 7) is 6.20. The number of hydrogen-bond donors (Lipinski definition) is 1.